The lowest BCUT2D eigenvalue weighted by molar-refractivity contribution is 0.0971. The van der Waals surface area contributed by atoms with Crippen molar-refractivity contribution in [1.29, 1.82) is 0 Å². The molecule has 2 aromatic rings. The monoisotopic (exact) mass is 347 g/mol. The van der Waals surface area contributed by atoms with Crippen molar-refractivity contribution >= 4 is 15.8 Å². The van der Waals surface area contributed by atoms with Crippen LogP contribution in [0.1, 0.15) is 28.8 Å². The molecule has 24 heavy (non-hydrogen) atoms. The molecule has 2 rings (SSSR count). The molecule has 6 heteroatoms. The predicted octanol–water partition coefficient (Wildman–Crippen LogP) is 2.16. The molecule has 0 amide bonds. The van der Waals surface area contributed by atoms with Gasteiger partial charge >= 0.3 is 0 Å². The standard InChI is InChI=1S/C18H21NO4S/c20-14-4-7-18(21)16-10-8-15(9-11-16)12-13-19-24(22,23)17-5-2-1-3-6-17/h1-3,5-6,8-11,19-20H,4,7,12-14H2. The number of rotatable bonds is 9. The van der Waals surface area contributed by atoms with Gasteiger partial charge in [0, 0.05) is 25.1 Å². The van der Waals surface area contributed by atoms with Crippen molar-refractivity contribution in [1.82, 2.24) is 4.72 Å². The number of benzene rings is 2. The normalized spacial score (nSPS) is 11.4. The first kappa shape index (κ1) is 18.3. The highest BCUT2D eigenvalue weighted by atomic mass is 32.2. The number of aliphatic hydroxyl groups excluding tert-OH is 1. The summed E-state index contributed by atoms with van der Waals surface area (Å²) < 4.78 is 26.7. The number of nitrogens with one attached hydrogen (secondary N) is 1. The molecule has 2 aromatic carbocycles. The first-order chi connectivity index (χ1) is 11.5. The summed E-state index contributed by atoms with van der Waals surface area (Å²) >= 11 is 0. The van der Waals surface area contributed by atoms with Crippen molar-refractivity contribution in [3.8, 4) is 0 Å². The zero-order chi connectivity index (χ0) is 17.4. The van der Waals surface area contributed by atoms with Gasteiger partial charge < -0.3 is 5.11 Å². The third-order valence-electron chi connectivity index (χ3n) is 3.60. The number of carbonyl (C=O) groups is 1. The quantitative estimate of drug-likeness (QED) is 0.681. The van der Waals surface area contributed by atoms with Crippen LogP contribution in [0.4, 0.5) is 0 Å². The SMILES string of the molecule is O=C(CCCO)c1ccc(CCNS(=O)(=O)c2ccccc2)cc1. The van der Waals surface area contributed by atoms with Crippen LogP contribution in [0.5, 0.6) is 0 Å². The van der Waals surface area contributed by atoms with Crippen LogP contribution in [-0.4, -0.2) is 32.5 Å². The topological polar surface area (TPSA) is 83.5 Å². The molecule has 0 fully saturated rings. The van der Waals surface area contributed by atoms with E-state index in [4.69, 9.17) is 5.11 Å². The third kappa shape index (κ3) is 5.26. The smallest absolute Gasteiger partial charge is 0.240 e. The highest BCUT2D eigenvalue weighted by Crippen LogP contribution is 2.10. The summed E-state index contributed by atoms with van der Waals surface area (Å²) in [5.74, 6) is 0.000352. The number of hydrogen-bond acceptors (Lipinski definition) is 4. The van der Waals surface area contributed by atoms with Gasteiger partial charge in [-0.25, -0.2) is 13.1 Å². The first-order valence-electron chi connectivity index (χ1n) is 7.80. The Morgan fingerprint density at radius 2 is 1.67 bits per heavy atom. The van der Waals surface area contributed by atoms with E-state index in [2.05, 4.69) is 4.72 Å². The van der Waals surface area contributed by atoms with Crippen LogP contribution in [0.25, 0.3) is 0 Å². The van der Waals surface area contributed by atoms with Crippen molar-refractivity contribution < 1.29 is 18.3 Å². The largest absolute Gasteiger partial charge is 0.396 e. The highest BCUT2D eigenvalue weighted by molar-refractivity contribution is 7.89. The van der Waals surface area contributed by atoms with Gasteiger partial charge in [0.2, 0.25) is 10.0 Å². The minimum Gasteiger partial charge on any atom is -0.396 e. The van der Waals surface area contributed by atoms with E-state index < -0.39 is 10.0 Å². The molecular weight excluding hydrogens is 326 g/mol. The molecule has 0 bridgehead atoms. The Morgan fingerprint density at radius 3 is 2.29 bits per heavy atom. The average molecular weight is 347 g/mol. The van der Waals surface area contributed by atoms with Crippen molar-refractivity contribution in [3.63, 3.8) is 0 Å². The summed E-state index contributed by atoms with van der Waals surface area (Å²) in [6.07, 6.45) is 1.33. The molecule has 5 nitrogen and oxygen atoms in total. The van der Waals surface area contributed by atoms with Crippen molar-refractivity contribution in [2.24, 2.45) is 0 Å². The number of ketones is 1. The van der Waals surface area contributed by atoms with Gasteiger partial charge in [0.25, 0.3) is 0 Å². The number of sulfonamides is 1. The van der Waals surface area contributed by atoms with E-state index in [0.29, 0.717) is 24.8 Å². The molecule has 0 heterocycles. The fourth-order valence-electron chi connectivity index (χ4n) is 2.25. The molecule has 0 aliphatic rings. The van der Waals surface area contributed by atoms with Crippen LogP contribution >= 0.6 is 0 Å². The van der Waals surface area contributed by atoms with E-state index in [1.165, 1.54) is 0 Å². The Bertz CT molecular complexity index is 755. The first-order valence-corrected chi connectivity index (χ1v) is 9.29. The summed E-state index contributed by atoms with van der Waals surface area (Å²) in [5, 5.41) is 8.74. The molecule has 2 N–H and O–H groups in total. The second-order valence-corrected chi connectivity index (χ2v) is 7.18. The molecule has 128 valence electrons. The van der Waals surface area contributed by atoms with Gasteiger partial charge in [0.15, 0.2) is 5.78 Å². The van der Waals surface area contributed by atoms with Crippen molar-refractivity contribution in [2.45, 2.75) is 24.2 Å². The second-order valence-electron chi connectivity index (χ2n) is 5.41. The molecule has 0 saturated carbocycles. The number of hydrogen-bond donors (Lipinski definition) is 2. The lowest BCUT2D eigenvalue weighted by atomic mass is 10.0. The number of Topliss-reactive ketones (excluding diaryl/α,β-unsaturated/α-hetero) is 1. The second kappa shape index (κ2) is 8.73. The Labute approximate surface area is 142 Å². The summed E-state index contributed by atoms with van der Waals surface area (Å²) in [7, 11) is -3.49. The maximum Gasteiger partial charge on any atom is 0.240 e. The van der Waals surface area contributed by atoms with Crippen molar-refractivity contribution in [3.05, 3.63) is 65.7 Å². The fourth-order valence-corrected chi connectivity index (χ4v) is 3.31. The molecular formula is C18H21NO4S. The van der Waals surface area contributed by atoms with Crippen LogP contribution < -0.4 is 4.72 Å². The molecule has 0 aromatic heterocycles. The molecule has 0 saturated heterocycles. The van der Waals surface area contributed by atoms with E-state index in [1.807, 2.05) is 12.1 Å². The van der Waals surface area contributed by atoms with E-state index >= 15 is 0 Å². The van der Waals surface area contributed by atoms with E-state index in [9.17, 15) is 13.2 Å². The predicted molar refractivity (Wildman–Crippen MR) is 92.4 cm³/mol. The van der Waals surface area contributed by atoms with Crippen LogP contribution in [-0.2, 0) is 16.4 Å². The molecule has 0 radical (unpaired) electrons. The third-order valence-corrected chi connectivity index (χ3v) is 5.07. The van der Waals surface area contributed by atoms with Crippen LogP contribution in [0.2, 0.25) is 0 Å². The lowest BCUT2D eigenvalue weighted by Gasteiger charge is -2.07. The van der Waals surface area contributed by atoms with Gasteiger partial charge in [0.1, 0.15) is 0 Å². The zero-order valence-electron chi connectivity index (χ0n) is 13.3. The molecule has 0 unspecified atom stereocenters. The van der Waals surface area contributed by atoms with Crippen LogP contribution in [0.15, 0.2) is 59.5 Å². The van der Waals surface area contributed by atoms with Gasteiger partial charge in [-0.2, -0.15) is 0 Å². The van der Waals surface area contributed by atoms with Gasteiger partial charge in [-0.15, -0.1) is 0 Å². The summed E-state index contributed by atoms with van der Waals surface area (Å²) in [5.41, 5.74) is 1.56. The van der Waals surface area contributed by atoms with Gasteiger partial charge in [-0.05, 0) is 30.5 Å². The number of aliphatic hydroxyl groups is 1. The van der Waals surface area contributed by atoms with Crippen molar-refractivity contribution in [2.75, 3.05) is 13.2 Å². The van der Waals surface area contributed by atoms with E-state index in [1.54, 1.807) is 42.5 Å². The molecule has 0 aliphatic carbocycles. The van der Waals surface area contributed by atoms with E-state index in [0.717, 1.165) is 5.56 Å². The fraction of sp³-hybridized carbons (Fsp3) is 0.278. The van der Waals surface area contributed by atoms with Crippen LogP contribution in [0, 0.1) is 0 Å². The van der Waals surface area contributed by atoms with Gasteiger partial charge in [-0.3, -0.25) is 4.79 Å². The Kier molecular flexibility index (Phi) is 6.66. The molecule has 0 aliphatic heterocycles. The Hall–Kier alpha value is -2.02. The van der Waals surface area contributed by atoms with Gasteiger partial charge in [0.05, 0.1) is 4.90 Å². The minimum absolute atomic E-state index is 0.000352. The summed E-state index contributed by atoms with van der Waals surface area (Å²) in [6.45, 7) is 0.292. The Morgan fingerprint density at radius 1 is 1.00 bits per heavy atom. The number of carbonyl (C=O) groups excluding carboxylic acids is 1. The van der Waals surface area contributed by atoms with Crippen LogP contribution in [0.3, 0.4) is 0 Å². The minimum atomic E-state index is -3.49. The molecule has 0 spiro atoms. The molecule has 0 atom stereocenters. The highest BCUT2D eigenvalue weighted by Gasteiger charge is 2.12. The summed E-state index contributed by atoms with van der Waals surface area (Å²) in [6, 6.07) is 15.3. The zero-order valence-corrected chi connectivity index (χ0v) is 14.1. The van der Waals surface area contributed by atoms with E-state index in [-0.39, 0.29) is 23.8 Å². The lowest BCUT2D eigenvalue weighted by Crippen LogP contribution is -2.25. The average Bonchev–Trinajstić information content (AvgIpc) is 2.61. The summed E-state index contributed by atoms with van der Waals surface area (Å²) in [4.78, 5) is 12.1. The Balaban J connectivity index is 1.88. The maximum absolute atomic E-state index is 12.1. The van der Waals surface area contributed by atoms with Gasteiger partial charge in [-0.1, -0.05) is 42.5 Å². The maximum atomic E-state index is 12.1.